The Hall–Kier alpha value is -3.03. The highest BCUT2D eigenvalue weighted by atomic mass is 35.5. The lowest BCUT2D eigenvalue weighted by molar-refractivity contribution is -0.274. The van der Waals surface area contributed by atoms with Crippen LogP contribution in [0.3, 0.4) is 0 Å². The number of hydrogen-bond donors (Lipinski definition) is 1. The van der Waals surface area contributed by atoms with E-state index in [9.17, 15) is 27.6 Å². The van der Waals surface area contributed by atoms with Gasteiger partial charge in [0.15, 0.2) is 5.75 Å². The first-order chi connectivity index (χ1) is 16.1. The van der Waals surface area contributed by atoms with Crippen molar-refractivity contribution in [3.63, 3.8) is 0 Å². The van der Waals surface area contributed by atoms with Crippen LogP contribution in [0, 0.1) is 0 Å². The normalized spacial score (nSPS) is 18.8. The molecule has 182 valence electrons. The molecule has 2 aliphatic heterocycles. The summed E-state index contributed by atoms with van der Waals surface area (Å²) in [6, 6.07) is 6.79. The molecule has 2 fully saturated rings. The van der Waals surface area contributed by atoms with Gasteiger partial charge >= 0.3 is 12.5 Å². The molecule has 4 rings (SSSR count). The standard InChI is InChI=1S/C20H17ClF3N3O6S/c21-16-4-3-15(34-16)18(29)25-8-12-9-27(19(30)32-12)13-2-1-11(7-14(13)33-20(22,23)24)26-5-6-31-10-17(26)28/h1-4,7,12H,5-6,8-10H2,(H,25,29)/t12-/m0/s1. The molecule has 0 saturated carbocycles. The highest BCUT2D eigenvalue weighted by Gasteiger charge is 2.38. The lowest BCUT2D eigenvalue weighted by atomic mass is 10.2. The number of anilines is 2. The van der Waals surface area contributed by atoms with E-state index in [1.165, 1.54) is 23.1 Å². The van der Waals surface area contributed by atoms with E-state index in [-0.39, 0.29) is 44.2 Å². The van der Waals surface area contributed by atoms with Crippen molar-refractivity contribution in [1.82, 2.24) is 5.32 Å². The summed E-state index contributed by atoms with van der Waals surface area (Å²) < 4.78 is 54.1. The minimum atomic E-state index is -5.04. The summed E-state index contributed by atoms with van der Waals surface area (Å²) in [5, 5.41) is 2.60. The van der Waals surface area contributed by atoms with Gasteiger partial charge in [-0.2, -0.15) is 0 Å². The van der Waals surface area contributed by atoms with Crippen LogP contribution in [0.25, 0.3) is 0 Å². The predicted octanol–water partition coefficient (Wildman–Crippen LogP) is 3.42. The summed E-state index contributed by atoms with van der Waals surface area (Å²) in [6.45, 7) is 0.000611. The molecular weight excluding hydrogens is 503 g/mol. The maximum atomic E-state index is 13.1. The fraction of sp³-hybridized carbons (Fsp3) is 0.350. The van der Waals surface area contributed by atoms with E-state index in [1.807, 2.05) is 0 Å². The van der Waals surface area contributed by atoms with Crippen LogP contribution in [-0.4, -0.2) is 63.2 Å². The van der Waals surface area contributed by atoms with Crippen LogP contribution < -0.4 is 19.9 Å². The minimum Gasteiger partial charge on any atom is -0.442 e. The average molecular weight is 520 g/mol. The lowest BCUT2D eigenvalue weighted by Gasteiger charge is -2.28. The van der Waals surface area contributed by atoms with Crippen LogP contribution in [0.4, 0.5) is 29.3 Å². The number of hydrogen-bond acceptors (Lipinski definition) is 7. The Labute approximate surface area is 199 Å². The van der Waals surface area contributed by atoms with Gasteiger partial charge in [-0.3, -0.25) is 14.5 Å². The van der Waals surface area contributed by atoms with E-state index < -0.39 is 36.1 Å². The van der Waals surface area contributed by atoms with Gasteiger partial charge in [0.1, 0.15) is 12.7 Å². The summed E-state index contributed by atoms with van der Waals surface area (Å²) in [5.74, 6) is -1.51. The van der Waals surface area contributed by atoms with E-state index in [0.29, 0.717) is 9.21 Å². The Morgan fingerprint density at radius 3 is 2.71 bits per heavy atom. The molecule has 1 aromatic heterocycles. The van der Waals surface area contributed by atoms with Gasteiger partial charge in [-0.05, 0) is 24.3 Å². The summed E-state index contributed by atoms with van der Waals surface area (Å²) in [5.41, 5.74) is -0.0204. The monoisotopic (exact) mass is 519 g/mol. The Morgan fingerprint density at radius 1 is 1.24 bits per heavy atom. The van der Waals surface area contributed by atoms with Gasteiger partial charge in [0, 0.05) is 18.3 Å². The number of carbonyl (C=O) groups is 3. The second-order valence-corrected chi connectivity index (χ2v) is 8.94. The number of carbonyl (C=O) groups excluding carboxylic acids is 3. The fourth-order valence-corrected chi connectivity index (χ4v) is 4.41. The fourth-order valence-electron chi connectivity index (χ4n) is 3.45. The first-order valence-corrected chi connectivity index (χ1v) is 11.1. The third-order valence-electron chi connectivity index (χ3n) is 4.92. The zero-order chi connectivity index (χ0) is 24.5. The SMILES string of the molecule is O=C(NC[C@H]1CN(c2ccc(N3CCOCC3=O)cc2OC(F)(F)F)C(=O)O1)c1ccc(Cl)s1. The molecular formula is C20H17ClF3N3O6S. The lowest BCUT2D eigenvalue weighted by Crippen LogP contribution is -2.41. The van der Waals surface area contributed by atoms with Crippen molar-refractivity contribution >= 4 is 52.2 Å². The molecule has 1 N–H and O–H groups in total. The van der Waals surface area contributed by atoms with Crippen molar-refractivity contribution in [2.75, 3.05) is 42.6 Å². The summed E-state index contributed by atoms with van der Waals surface area (Å²) >= 11 is 6.88. The smallest absolute Gasteiger partial charge is 0.442 e. The van der Waals surface area contributed by atoms with Gasteiger partial charge in [0.05, 0.1) is 34.6 Å². The Balaban J connectivity index is 1.50. The van der Waals surface area contributed by atoms with Crippen LogP contribution in [0.1, 0.15) is 9.67 Å². The van der Waals surface area contributed by atoms with Gasteiger partial charge in [0.2, 0.25) is 0 Å². The third kappa shape index (κ3) is 5.54. The molecule has 3 amide bonds. The van der Waals surface area contributed by atoms with Crippen LogP contribution in [0.2, 0.25) is 4.34 Å². The third-order valence-corrected chi connectivity index (χ3v) is 6.15. The van der Waals surface area contributed by atoms with Crippen molar-refractivity contribution < 1.29 is 41.8 Å². The summed E-state index contributed by atoms with van der Waals surface area (Å²) in [6.07, 6.45) is -6.76. The number of cyclic esters (lactones) is 1. The zero-order valence-electron chi connectivity index (χ0n) is 17.3. The van der Waals surface area contributed by atoms with E-state index in [2.05, 4.69) is 10.1 Å². The zero-order valence-corrected chi connectivity index (χ0v) is 18.8. The molecule has 1 atom stereocenters. The molecule has 0 spiro atoms. The highest BCUT2D eigenvalue weighted by molar-refractivity contribution is 7.18. The number of ether oxygens (including phenoxy) is 3. The molecule has 0 aliphatic carbocycles. The number of thiophene rings is 1. The van der Waals surface area contributed by atoms with E-state index in [4.69, 9.17) is 21.1 Å². The number of rotatable bonds is 6. The first-order valence-electron chi connectivity index (χ1n) is 9.90. The largest absolute Gasteiger partial charge is 0.573 e. The molecule has 34 heavy (non-hydrogen) atoms. The van der Waals surface area contributed by atoms with Gasteiger partial charge < -0.3 is 24.4 Å². The van der Waals surface area contributed by atoms with Gasteiger partial charge in [-0.25, -0.2) is 4.79 Å². The van der Waals surface area contributed by atoms with Crippen LogP contribution in [-0.2, 0) is 14.3 Å². The van der Waals surface area contributed by atoms with Crippen molar-refractivity contribution in [2.24, 2.45) is 0 Å². The highest BCUT2D eigenvalue weighted by Crippen LogP contribution is 2.38. The number of nitrogens with one attached hydrogen (secondary N) is 1. The van der Waals surface area contributed by atoms with Gasteiger partial charge in [0.25, 0.3) is 11.8 Å². The molecule has 2 aromatic rings. The molecule has 3 heterocycles. The van der Waals surface area contributed by atoms with Crippen molar-refractivity contribution in [1.29, 1.82) is 0 Å². The topological polar surface area (TPSA) is 97.4 Å². The van der Waals surface area contributed by atoms with Crippen molar-refractivity contribution in [3.8, 4) is 5.75 Å². The number of nitrogens with zero attached hydrogens (tertiary/aromatic N) is 2. The maximum absolute atomic E-state index is 13.1. The molecule has 14 heteroatoms. The van der Waals surface area contributed by atoms with Gasteiger partial charge in [-0.15, -0.1) is 24.5 Å². The Morgan fingerprint density at radius 2 is 2.03 bits per heavy atom. The van der Waals surface area contributed by atoms with E-state index in [0.717, 1.165) is 22.3 Å². The summed E-state index contributed by atoms with van der Waals surface area (Å²) in [4.78, 5) is 39.3. The number of alkyl halides is 3. The summed E-state index contributed by atoms with van der Waals surface area (Å²) in [7, 11) is 0. The second kappa shape index (κ2) is 9.68. The molecule has 0 bridgehead atoms. The Kier molecular flexibility index (Phi) is 6.86. The Bertz CT molecular complexity index is 1110. The van der Waals surface area contributed by atoms with Crippen LogP contribution in [0.15, 0.2) is 30.3 Å². The predicted molar refractivity (Wildman–Crippen MR) is 116 cm³/mol. The van der Waals surface area contributed by atoms with Crippen molar-refractivity contribution in [2.45, 2.75) is 12.5 Å². The molecule has 0 unspecified atom stereocenters. The maximum Gasteiger partial charge on any atom is 0.573 e. The second-order valence-electron chi connectivity index (χ2n) is 7.23. The number of amides is 3. The number of halogens is 4. The molecule has 9 nitrogen and oxygen atoms in total. The molecule has 2 saturated heterocycles. The van der Waals surface area contributed by atoms with Crippen molar-refractivity contribution in [3.05, 3.63) is 39.5 Å². The van der Waals surface area contributed by atoms with E-state index in [1.54, 1.807) is 6.07 Å². The average Bonchev–Trinajstić information content (AvgIpc) is 3.37. The number of morpholine rings is 1. The van der Waals surface area contributed by atoms with E-state index >= 15 is 0 Å². The van der Waals surface area contributed by atoms with Gasteiger partial charge in [-0.1, -0.05) is 11.6 Å². The minimum absolute atomic E-state index is 0.0631. The number of benzene rings is 1. The molecule has 0 radical (unpaired) electrons. The molecule has 1 aromatic carbocycles. The first kappa shape index (κ1) is 24.1. The van der Waals surface area contributed by atoms with Crippen LogP contribution >= 0.6 is 22.9 Å². The quantitative estimate of drug-likeness (QED) is 0.628. The molecule has 2 aliphatic rings. The van der Waals surface area contributed by atoms with Crippen LogP contribution in [0.5, 0.6) is 5.75 Å².